The summed E-state index contributed by atoms with van der Waals surface area (Å²) < 4.78 is 19.8. The summed E-state index contributed by atoms with van der Waals surface area (Å²) in [6.45, 7) is 8.20. The first-order valence-corrected chi connectivity index (χ1v) is 12.2. The number of likely N-dealkylation sites (tertiary alicyclic amines) is 2. The minimum atomic E-state index is -0.564. The van der Waals surface area contributed by atoms with Crippen LogP contribution in [0.25, 0.3) is 11.5 Å². The quantitative estimate of drug-likeness (QED) is 0.587. The molecule has 1 amide bonds. The molecule has 0 radical (unpaired) electrons. The standard InChI is InChI=1S/C25H35FN4O3/c1-18-21(28-25(33-18)23-20(26)7-5-8-22(23)31)17-30-15-9-19(10-16-30)24(32)27-11-6-14-29-12-3-2-4-13-29/h5,7-8,19,31H,2-4,6,9-17H2,1H3,(H,27,32). The Balaban J connectivity index is 1.22. The number of halogens is 1. The molecule has 7 nitrogen and oxygen atoms in total. The zero-order valence-electron chi connectivity index (χ0n) is 19.5. The minimum Gasteiger partial charge on any atom is -0.507 e. The van der Waals surface area contributed by atoms with Gasteiger partial charge in [-0.25, -0.2) is 9.37 Å². The number of phenols is 1. The first-order valence-electron chi connectivity index (χ1n) is 12.2. The first kappa shape index (κ1) is 23.7. The Morgan fingerprint density at radius 2 is 1.94 bits per heavy atom. The van der Waals surface area contributed by atoms with Crippen molar-refractivity contribution < 1.29 is 18.7 Å². The fraction of sp³-hybridized carbons (Fsp3) is 0.600. The maximum absolute atomic E-state index is 14.1. The van der Waals surface area contributed by atoms with Crippen LogP contribution >= 0.6 is 0 Å². The van der Waals surface area contributed by atoms with Crippen LogP contribution in [-0.4, -0.2) is 65.1 Å². The van der Waals surface area contributed by atoms with E-state index in [0.29, 0.717) is 12.3 Å². The Morgan fingerprint density at radius 3 is 2.67 bits per heavy atom. The number of hydrogen-bond donors (Lipinski definition) is 2. The van der Waals surface area contributed by atoms with E-state index in [4.69, 9.17) is 4.42 Å². The molecule has 0 saturated carbocycles. The highest BCUT2D eigenvalue weighted by Gasteiger charge is 2.26. The van der Waals surface area contributed by atoms with Gasteiger partial charge in [0.1, 0.15) is 22.9 Å². The molecule has 0 bridgehead atoms. The van der Waals surface area contributed by atoms with Gasteiger partial charge >= 0.3 is 0 Å². The van der Waals surface area contributed by atoms with Crippen LogP contribution in [0.15, 0.2) is 22.6 Å². The molecule has 2 aromatic rings. The van der Waals surface area contributed by atoms with Gasteiger partial charge in [0.25, 0.3) is 0 Å². The van der Waals surface area contributed by atoms with Gasteiger partial charge in [-0.3, -0.25) is 9.69 Å². The molecule has 2 aliphatic rings. The van der Waals surface area contributed by atoms with Crippen LogP contribution in [0.4, 0.5) is 4.39 Å². The molecule has 3 heterocycles. The Kier molecular flexibility index (Phi) is 7.98. The molecule has 4 rings (SSSR count). The molecular formula is C25H35FN4O3. The molecule has 2 fully saturated rings. The molecule has 0 unspecified atom stereocenters. The summed E-state index contributed by atoms with van der Waals surface area (Å²) in [5.74, 6) is 0.179. The number of aromatic nitrogens is 1. The Hall–Kier alpha value is -2.45. The molecule has 2 N–H and O–H groups in total. The third kappa shape index (κ3) is 6.12. The van der Waals surface area contributed by atoms with Crippen LogP contribution in [0, 0.1) is 18.7 Å². The highest BCUT2D eigenvalue weighted by atomic mass is 19.1. The fourth-order valence-corrected chi connectivity index (χ4v) is 4.81. The van der Waals surface area contributed by atoms with Crippen LogP contribution in [0.1, 0.15) is 50.0 Å². The molecule has 2 saturated heterocycles. The van der Waals surface area contributed by atoms with Gasteiger partial charge in [-0.05, 0) is 83.9 Å². The van der Waals surface area contributed by atoms with Gasteiger partial charge in [0.2, 0.25) is 11.8 Å². The third-order valence-corrected chi connectivity index (χ3v) is 6.83. The Morgan fingerprint density at radius 1 is 1.18 bits per heavy atom. The second-order valence-electron chi connectivity index (χ2n) is 9.25. The van der Waals surface area contributed by atoms with E-state index in [2.05, 4.69) is 20.1 Å². The summed E-state index contributed by atoms with van der Waals surface area (Å²) in [6, 6.07) is 4.14. The van der Waals surface area contributed by atoms with Crippen LogP contribution in [0.5, 0.6) is 5.75 Å². The number of piperidine rings is 2. The number of aryl methyl sites for hydroxylation is 1. The van der Waals surface area contributed by atoms with Gasteiger partial charge in [-0.1, -0.05) is 12.5 Å². The van der Waals surface area contributed by atoms with E-state index >= 15 is 0 Å². The van der Waals surface area contributed by atoms with Gasteiger partial charge in [-0.15, -0.1) is 0 Å². The van der Waals surface area contributed by atoms with Crippen molar-refractivity contribution in [3.63, 3.8) is 0 Å². The van der Waals surface area contributed by atoms with Crippen molar-refractivity contribution in [2.24, 2.45) is 5.92 Å². The van der Waals surface area contributed by atoms with E-state index in [1.54, 1.807) is 6.92 Å². The van der Waals surface area contributed by atoms with Crippen LogP contribution in [0.2, 0.25) is 0 Å². The lowest BCUT2D eigenvalue weighted by Gasteiger charge is -2.31. The van der Waals surface area contributed by atoms with E-state index < -0.39 is 5.82 Å². The smallest absolute Gasteiger partial charge is 0.233 e. The molecular weight excluding hydrogens is 423 g/mol. The number of hydrogen-bond acceptors (Lipinski definition) is 6. The first-order chi connectivity index (χ1) is 16.0. The van der Waals surface area contributed by atoms with Crippen LogP contribution in [-0.2, 0) is 11.3 Å². The lowest BCUT2D eigenvalue weighted by Crippen LogP contribution is -2.41. The lowest BCUT2D eigenvalue weighted by molar-refractivity contribution is -0.126. The summed E-state index contributed by atoms with van der Waals surface area (Å²) in [5, 5.41) is 13.1. The Bertz CT molecular complexity index is 913. The number of oxazole rings is 1. The molecule has 0 spiro atoms. The van der Waals surface area contributed by atoms with Crippen molar-refractivity contribution in [2.75, 3.05) is 39.3 Å². The average Bonchev–Trinajstić information content (AvgIpc) is 3.17. The maximum Gasteiger partial charge on any atom is 0.233 e. The second-order valence-corrected chi connectivity index (χ2v) is 9.25. The van der Waals surface area contributed by atoms with Crippen molar-refractivity contribution in [1.29, 1.82) is 0 Å². The summed E-state index contributed by atoms with van der Waals surface area (Å²) in [7, 11) is 0. The summed E-state index contributed by atoms with van der Waals surface area (Å²) in [5.41, 5.74) is 0.718. The minimum absolute atomic E-state index is 0.0116. The number of carbonyl (C=O) groups is 1. The number of rotatable bonds is 8. The maximum atomic E-state index is 14.1. The molecule has 33 heavy (non-hydrogen) atoms. The fourth-order valence-electron chi connectivity index (χ4n) is 4.81. The van der Waals surface area contributed by atoms with Gasteiger partial charge in [0, 0.05) is 19.0 Å². The highest BCUT2D eigenvalue weighted by Crippen LogP contribution is 2.32. The predicted molar refractivity (Wildman–Crippen MR) is 124 cm³/mol. The van der Waals surface area contributed by atoms with E-state index in [9.17, 15) is 14.3 Å². The molecule has 1 aromatic heterocycles. The summed E-state index contributed by atoms with van der Waals surface area (Å²) in [6.07, 6.45) is 6.58. The lowest BCUT2D eigenvalue weighted by atomic mass is 9.95. The topological polar surface area (TPSA) is 81.8 Å². The normalized spacial score (nSPS) is 18.5. The van der Waals surface area contributed by atoms with Gasteiger partial charge < -0.3 is 19.7 Å². The molecule has 180 valence electrons. The zero-order chi connectivity index (χ0) is 23.2. The van der Waals surface area contributed by atoms with Gasteiger partial charge in [0.15, 0.2) is 0 Å². The molecule has 8 heteroatoms. The number of carbonyl (C=O) groups excluding carboxylic acids is 1. The number of amides is 1. The highest BCUT2D eigenvalue weighted by molar-refractivity contribution is 5.78. The summed E-state index contributed by atoms with van der Waals surface area (Å²) in [4.78, 5) is 21.8. The molecule has 1 aromatic carbocycles. The van der Waals surface area contributed by atoms with Crippen LogP contribution in [0.3, 0.4) is 0 Å². The number of phenolic OH excluding ortho intramolecular Hbond substituents is 1. The SMILES string of the molecule is Cc1oc(-c2c(O)cccc2F)nc1CN1CCC(C(=O)NCCCN2CCCCC2)CC1. The van der Waals surface area contributed by atoms with E-state index in [1.165, 1.54) is 50.6 Å². The number of benzene rings is 1. The summed E-state index contributed by atoms with van der Waals surface area (Å²) >= 11 is 0. The third-order valence-electron chi connectivity index (χ3n) is 6.83. The largest absolute Gasteiger partial charge is 0.507 e. The molecule has 2 aliphatic heterocycles. The van der Waals surface area contributed by atoms with Crippen molar-refractivity contribution >= 4 is 5.91 Å². The second kappa shape index (κ2) is 11.1. The zero-order valence-corrected chi connectivity index (χ0v) is 19.5. The van der Waals surface area contributed by atoms with E-state index in [0.717, 1.165) is 51.1 Å². The van der Waals surface area contributed by atoms with Crippen molar-refractivity contribution in [3.8, 4) is 17.2 Å². The number of nitrogens with zero attached hydrogens (tertiary/aromatic N) is 3. The van der Waals surface area contributed by atoms with Gasteiger partial charge in [0.05, 0.1) is 5.69 Å². The van der Waals surface area contributed by atoms with Gasteiger partial charge in [-0.2, -0.15) is 0 Å². The number of aromatic hydroxyl groups is 1. The van der Waals surface area contributed by atoms with Crippen LogP contribution < -0.4 is 5.32 Å². The van der Waals surface area contributed by atoms with E-state index in [1.807, 2.05) is 0 Å². The van der Waals surface area contributed by atoms with Crippen molar-refractivity contribution in [1.82, 2.24) is 20.1 Å². The van der Waals surface area contributed by atoms with E-state index in [-0.39, 0.29) is 29.0 Å². The molecule has 0 atom stereocenters. The molecule has 0 aliphatic carbocycles. The van der Waals surface area contributed by atoms with Crippen molar-refractivity contribution in [2.45, 2.75) is 52.0 Å². The Labute approximate surface area is 195 Å². The predicted octanol–water partition coefficient (Wildman–Crippen LogP) is 3.70. The monoisotopic (exact) mass is 458 g/mol. The average molecular weight is 459 g/mol. The van der Waals surface area contributed by atoms with Crippen molar-refractivity contribution in [3.05, 3.63) is 35.5 Å². The number of nitrogens with one attached hydrogen (secondary N) is 1.